The second-order valence-electron chi connectivity index (χ2n) is 7.65. The van der Waals surface area contributed by atoms with Crippen LogP contribution in [0.1, 0.15) is 25.7 Å². The van der Waals surface area contributed by atoms with Gasteiger partial charge in [-0.25, -0.2) is 0 Å². The van der Waals surface area contributed by atoms with Crippen LogP contribution in [0.3, 0.4) is 0 Å². The van der Waals surface area contributed by atoms with Crippen LogP contribution in [0.25, 0.3) is 0 Å². The molecule has 4 atom stereocenters. The first-order valence-electron chi connectivity index (χ1n) is 9.29. The Morgan fingerprint density at radius 3 is 2.67 bits per heavy atom. The molecule has 3 heteroatoms. The summed E-state index contributed by atoms with van der Waals surface area (Å²) < 4.78 is 0. The van der Waals surface area contributed by atoms with Crippen molar-refractivity contribution in [2.24, 2.45) is 11.8 Å². The number of ketones is 1. The maximum atomic E-state index is 11.9. The number of hydrogen-bond acceptors (Lipinski definition) is 3. The summed E-state index contributed by atoms with van der Waals surface area (Å²) in [5, 5.41) is 0. The van der Waals surface area contributed by atoms with E-state index in [0.29, 0.717) is 29.7 Å². The summed E-state index contributed by atoms with van der Waals surface area (Å²) >= 11 is 0. The molecule has 5 rings (SSSR count). The first-order chi connectivity index (χ1) is 11.8. The highest BCUT2D eigenvalue weighted by Crippen LogP contribution is 2.48. The van der Waals surface area contributed by atoms with Crippen LogP contribution in [0.5, 0.6) is 0 Å². The summed E-state index contributed by atoms with van der Waals surface area (Å²) in [6.07, 6.45) is 10.7. The fourth-order valence-electron chi connectivity index (χ4n) is 5.37. The van der Waals surface area contributed by atoms with Crippen LogP contribution in [-0.2, 0) is 4.79 Å². The van der Waals surface area contributed by atoms with Crippen molar-refractivity contribution in [3.8, 4) is 0 Å². The van der Waals surface area contributed by atoms with Crippen LogP contribution >= 0.6 is 0 Å². The van der Waals surface area contributed by atoms with Crippen LogP contribution in [0, 0.1) is 11.8 Å². The van der Waals surface area contributed by atoms with Crippen LogP contribution < -0.4 is 4.90 Å². The van der Waals surface area contributed by atoms with Gasteiger partial charge in [0.15, 0.2) is 5.78 Å². The third-order valence-electron chi connectivity index (χ3n) is 6.37. The second-order valence-corrected chi connectivity index (χ2v) is 7.65. The molecule has 1 aromatic rings. The molecule has 0 amide bonds. The van der Waals surface area contributed by atoms with E-state index in [4.69, 9.17) is 0 Å². The van der Waals surface area contributed by atoms with Crippen molar-refractivity contribution in [3.05, 3.63) is 54.3 Å². The summed E-state index contributed by atoms with van der Waals surface area (Å²) in [5.74, 6) is 1.72. The molecule has 2 saturated heterocycles. The minimum atomic E-state index is 0.321. The highest BCUT2D eigenvalue weighted by molar-refractivity contribution is 5.91. The Balaban J connectivity index is 1.43. The molecule has 3 aliphatic heterocycles. The van der Waals surface area contributed by atoms with Gasteiger partial charge in [0, 0.05) is 54.8 Å². The van der Waals surface area contributed by atoms with Gasteiger partial charge >= 0.3 is 0 Å². The van der Waals surface area contributed by atoms with Gasteiger partial charge in [0.1, 0.15) is 0 Å². The molecule has 0 radical (unpaired) electrons. The van der Waals surface area contributed by atoms with E-state index < -0.39 is 0 Å². The number of fused-ring (bicyclic) bond motifs is 5. The van der Waals surface area contributed by atoms with Crippen molar-refractivity contribution in [1.29, 1.82) is 0 Å². The largest absolute Gasteiger partial charge is 0.371 e. The standard InChI is InChI=1S/C21H24N2O/c24-17-9-4-8-16(12-17)23-20-10-5-11-21(23)19-14-22(13-18(19)20)15-6-2-1-3-7-15/h1-3,5-7,10,12,18-21H,4,8-9,11,13-14H2. The van der Waals surface area contributed by atoms with Gasteiger partial charge in [-0.1, -0.05) is 30.4 Å². The molecule has 4 aliphatic rings. The molecule has 0 saturated carbocycles. The Morgan fingerprint density at radius 1 is 1.00 bits per heavy atom. The third kappa shape index (κ3) is 2.14. The first-order valence-corrected chi connectivity index (χ1v) is 9.29. The van der Waals surface area contributed by atoms with E-state index in [2.05, 4.69) is 52.3 Å². The lowest BCUT2D eigenvalue weighted by molar-refractivity contribution is -0.115. The molecule has 2 bridgehead atoms. The van der Waals surface area contributed by atoms with Crippen molar-refractivity contribution in [3.63, 3.8) is 0 Å². The van der Waals surface area contributed by atoms with Gasteiger partial charge in [-0.3, -0.25) is 4.79 Å². The SMILES string of the molecule is O=C1C=C(N2C3C=CCC2C2CN(c4ccccc4)CC23)CCC1. The maximum Gasteiger partial charge on any atom is 0.157 e. The predicted octanol–water partition coefficient (Wildman–Crippen LogP) is 3.39. The van der Waals surface area contributed by atoms with E-state index in [1.165, 1.54) is 11.4 Å². The molecule has 3 heterocycles. The predicted molar refractivity (Wildman–Crippen MR) is 95.7 cm³/mol. The average molecular weight is 320 g/mol. The minimum absolute atomic E-state index is 0.321. The summed E-state index contributed by atoms with van der Waals surface area (Å²) in [7, 11) is 0. The molecular formula is C21H24N2O. The van der Waals surface area contributed by atoms with Gasteiger partial charge < -0.3 is 9.80 Å². The number of carbonyl (C=O) groups excluding carboxylic acids is 1. The van der Waals surface area contributed by atoms with Crippen LogP contribution in [0.2, 0.25) is 0 Å². The molecule has 0 N–H and O–H groups in total. The molecule has 1 aliphatic carbocycles. The van der Waals surface area contributed by atoms with Gasteiger partial charge in [-0.05, 0) is 31.4 Å². The summed E-state index contributed by atoms with van der Waals surface area (Å²) in [6.45, 7) is 2.28. The number of benzene rings is 1. The average Bonchev–Trinajstić information content (AvgIpc) is 3.12. The zero-order chi connectivity index (χ0) is 16.1. The number of nitrogens with zero attached hydrogens (tertiary/aromatic N) is 2. The van der Waals surface area contributed by atoms with Gasteiger partial charge in [0.2, 0.25) is 0 Å². The summed E-state index contributed by atoms with van der Waals surface area (Å²) in [6, 6.07) is 11.9. The molecule has 124 valence electrons. The van der Waals surface area contributed by atoms with E-state index in [0.717, 1.165) is 38.8 Å². The number of allylic oxidation sites excluding steroid dienone is 2. The number of rotatable bonds is 2. The number of para-hydroxylation sites is 1. The van der Waals surface area contributed by atoms with E-state index >= 15 is 0 Å². The van der Waals surface area contributed by atoms with Gasteiger partial charge in [0.05, 0.1) is 6.04 Å². The molecule has 1 aromatic carbocycles. The van der Waals surface area contributed by atoms with Crippen molar-refractivity contribution in [2.75, 3.05) is 18.0 Å². The van der Waals surface area contributed by atoms with Gasteiger partial charge in [0.25, 0.3) is 0 Å². The monoisotopic (exact) mass is 320 g/mol. The molecule has 0 aromatic heterocycles. The van der Waals surface area contributed by atoms with E-state index in [9.17, 15) is 4.79 Å². The molecular weight excluding hydrogens is 296 g/mol. The number of carbonyl (C=O) groups is 1. The van der Waals surface area contributed by atoms with Crippen molar-refractivity contribution in [1.82, 2.24) is 4.90 Å². The Bertz CT molecular complexity index is 708. The lowest BCUT2D eigenvalue weighted by Gasteiger charge is -2.39. The van der Waals surface area contributed by atoms with Crippen molar-refractivity contribution in [2.45, 2.75) is 37.8 Å². The zero-order valence-electron chi connectivity index (χ0n) is 14.0. The van der Waals surface area contributed by atoms with Crippen LogP contribution in [0.4, 0.5) is 5.69 Å². The lowest BCUT2D eigenvalue weighted by atomic mass is 9.91. The highest BCUT2D eigenvalue weighted by atomic mass is 16.1. The Kier molecular flexibility index (Phi) is 3.29. The molecule has 4 unspecified atom stereocenters. The van der Waals surface area contributed by atoms with E-state index in [1.54, 1.807) is 0 Å². The Hall–Kier alpha value is -2.03. The maximum absolute atomic E-state index is 11.9. The Labute approximate surface area is 143 Å². The smallest absolute Gasteiger partial charge is 0.157 e. The fourth-order valence-corrected chi connectivity index (χ4v) is 5.37. The van der Waals surface area contributed by atoms with E-state index in [1.807, 2.05) is 6.08 Å². The number of anilines is 1. The molecule has 2 fully saturated rings. The fraction of sp³-hybridized carbons (Fsp3) is 0.476. The van der Waals surface area contributed by atoms with Gasteiger partial charge in [-0.15, -0.1) is 0 Å². The van der Waals surface area contributed by atoms with Gasteiger partial charge in [-0.2, -0.15) is 0 Å². The third-order valence-corrected chi connectivity index (χ3v) is 6.37. The minimum Gasteiger partial charge on any atom is -0.371 e. The molecule has 24 heavy (non-hydrogen) atoms. The van der Waals surface area contributed by atoms with Crippen LogP contribution in [-0.4, -0.2) is 35.9 Å². The van der Waals surface area contributed by atoms with Crippen LogP contribution in [0.15, 0.2) is 54.3 Å². The molecule has 0 spiro atoms. The molecule has 3 nitrogen and oxygen atoms in total. The Morgan fingerprint density at radius 2 is 1.83 bits per heavy atom. The normalized spacial score (nSPS) is 34.5. The summed E-state index contributed by atoms with van der Waals surface area (Å²) in [5.41, 5.74) is 2.67. The van der Waals surface area contributed by atoms with Crippen molar-refractivity contribution < 1.29 is 4.79 Å². The quantitative estimate of drug-likeness (QED) is 0.781. The lowest BCUT2D eigenvalue weighted by Crippen LogP contribution is -2.42. The summed E-state index contributed by atoms with van der Waals surface area (Å²) in [4.78, 5) is 17.1. The topological polar surface area (TPSA) is 23.6 Å². The van der Waals surface area contributed by atoms with Crippen molar-refractivity contribution >= 4 is 11.5 Å². The second kappa shape index (κ2) is 5.51. The number of hydrogen-bond donors (Lipinski definition) is 0. The van der Waals surface area contributed by atoms with E-state index in [-0.39, 0.29) is 0 Å². The highest BCUT2D eigenvalue weighted by Gasteiger charge is 2.53. The first kappa shape index (κ1) is 14.3. The zero-order valence-corrected chi connectivity index (χ0v) is 14.0.